The van der Waals surface area contributed by atoms with Crippen LogP contribution in [-0.2, 0) is 13.5 Å². The van der Waals surface area contributed by atoms with E-state index in [1.54, 1.807) is 30.1 Å². The van der Waals surface area contributed by atoms with E-state index in [1.165, 1.54) is 6.07 Å². The van der Waals surface area contributed by atoms with E-state index in [2.05, 4.69) is 10.4 Å². The highest BCUT2D eigenvalue weighted by molar-refractivity contribution is 5.94. The van der Waals surface area contributed by atoms with Crippen LogP contribution >= 0.6 is 0 Å². The number of nitrogens with one attached hydrogen (secondary N) is 1. The van der Waals surface area contributed by atoms with E-state index in [0.717, 1.165) is 29.7 Å². The first-order valence-electron chi connectivity index (χ1n) is 8.67. The molecule has 3 aromatic rings. The van der Waals surface area contributed by atoms with E-state index in [1.807, 2.05) is 37.3 Å². The number of rotatable bonds is 6. The van der Waals surface area contributed by atoms with Gasteiger partial charge in [0, 0.05) is 25.4 Å². The number of hydrogen-bond acceptors (Lipinski definition) is 2. The van der Waals surface area contributed by atoms with Crippen LogP contribution in [0, 0.1) is 12.7 Å². The number of amides is 1. The van der Waals surface area contributed by atoms with Crippen molar-refractivity contribution in [3.63, 3.8) is 0 Å². The van der Waals surface area contributed by atoms with E-state index in [9.17, 15) is 9.18 Å². The fraction of sp³-hybridized carbons (Fsp3) is 0.238. The van der Waals surface area contributed by atoms with E-state index < -0.39 is 0 Å². The average Bonchev–Trinajstić information content (AvgIpc) is 2.98. The van der Waals surface area contributed by atoms with Crippen LogP contribution in [0.1, 0.15) is 28.0 Å². The molecule has 1 heterocycles. The van der Waals surface area contributed by atoms with Crippen molar-refractivity contribution >= 4 is 5.91 Å². The summed E-state index contributed by atoms with van der Waals surface area (Å²) in [6, 6.07) is 14.7. The van der Waals surface area contributed by atoms with Crippen LogP contribution in [0.5, 0.6) is 0 Å². The van der Waals surface area contributed by atoms with Crippen molar-refractivity contribution in [1.82, 2.24) is 15.1 Å². The minimum atomic E-state index is -0.214. The fourth-order valence-corrected chi connectivity index (χ4v) is 2.96. The van der Waals surface area contributed by atoms with Gasteiger partial charge in [0.2, 0.25) is 0 Å². The van der Waals surface area contributed by atoms with Gasteiger partial charge >= 0.3 is 0 Å². The first kappa shape index (κ1) is 17.9. The van der Waals surface area contributed by atoms with Crippen LogP contribution in [0.15, 0.2) is 54.7 Å². The van der Waals surface area contributed by atoms with Gasteiger partial charge in [0.15, 0.2) is 0 Å². The lowest BCUT2D eigenvalue weighted by Crippen LogP contribution is -2.25. The summed E-state index contributed by atoms with van der Waals surface area (Å²) in [6.45, 7) is 2.42. The second kappa shape index (κ2) is 7.95. The van der Waals surface area contributed by atoms with Gasteiger partial charge in [-0.1, -0.05) is 42.5 Å². The van der Waals surface area contributed by atoms with Gasteiger partial charge in [0.25, 0.3) is 5.91 Å². The van der Waals surface area contributed by atoms with E-state index in [-0.39, 0.29) is 11.7 Å². The van der Waals surface area contributed by atoms with E-state index in [4.69, 9.17) is 0 Å². The predicted molar refractivity (Wildman–Crippen MR) is 100 cm³/mol. The predicted octanol–water partition coefficient (Wildman–Crippen LogP) is 3.90. The molecule has 0 unspecified atom stereocenters. The van der Waals surface area contributed by atoms with Crippen molar-refractivity contribution in [2.24, 2.45) is 7.05 Å². The fourth-order valence-electron chi connectivity index (χ4n) is 2.96. The molecular weight excluding hydrogens is 329 g/mol. The SMILES string of the molecule is Cc1nn(C)cc1C(=O)NCCCc1ccc(-c2ccccc2F)cc1. The van der Waals surface area contributed by atoms with Crippen LogP contribution in [0.2, 0.25) is 0 Å². The molecule has 0 aliphatic carbocycles. The molecule has 0 radical (unpaired) electrons. The average molecular weight is 351 g/mol. The quantitative estimate of drug-likeness (QED) is 0.685. The number of carbonyl (C=O) groups is 1. The molecule has 1 amide bonds. The van der Waals surface area contributed by atoms with Crippen LogP contribution in [-0.4, -0.2) is 22.2 Å². The first-order chi connectivity index (χ1) is 12.5. The van der Waals surface area contributed by atoms with Gasteiger partial charge in [-0.2, -0.15) is 5.10 Å². The van der Waals surface area contributed by atoms with Crippen LogP contribution < -0.4 is 5.32 Å². The number of aromatic nitrogens is 2. The zero-order valence-electron chi connectivity index (χ0n) is 15.0. The number of hydrogen-bond donors (Lipinski definition) is 1. The standard InChI is InChI=1S/C21H22FN3O/c1-15-19(14-25(2)24-15)21(26)23-13-5-6-16-9-11-17(12-10-16)18-7-3-4-8-20(18)22/h3-4,7-12,14H,5-6,13H2,1-2H3,(H,23,26). The molecule has 0 bridgehead atoms. The lowest BCUT2D eigenvalue weighted by molar-refractivity contribution is 0.0952. The lowest BCUT2D eigenvalue weighted by atomic mass is 10.0. The number of benzene rings is 2. The molecule has 0 aliphatic rings. The van der Waals surface area contributed by atoms with Crippen LogP contribution in [0.25, 0.3) is 11.1 Å². The third-order valence-corrected chi connectivity index (χ3v) is 4.32. The maximum Gasteiger partial charge on any atom is 0.254 e. The Kier molecular flexibility index (Phi) is 5.46. The topological polar surface area (TPSA) is 46.9 Å². The molecule has 0 atom stereocenters. The Morgan fingerprint density at radius 3 is 2.54 bits per heavy atom. The van der Waals surface area contributed by atoms with Gasteiger partial charge in [-0.15, -0.1) is 0 Å². The van der Waals surface area contributed by atoms with Crippen molar-refractivity contribution in [1.29, 1.82) is 0 Å². The Hall–Kier alpha value is -2.95. The molecule has 0 saturated carbocycles. The molecule has 2 aromatic carbocycles. The van der Waals surface area contributed by atoms with Gasteiger partial charge < -0.3 is 5.32 Å². The molecule has 0 aliphatic heterocycles. The Morgan fingerprint density at radius 2 is 1.88 bits per heavy atom. The van der Waals surface area contributed by atoms with Gasteiger partial charge in [0.05, 0.1) is 11.3 Å². The lowest BCUT2D eigenvalue weighted by Gasteiger charge is -2.07. The van der Waals surface area contributed by atoms with Gasteiger partial charge in [-0.3, -0.25) is 9.48 Å². The molecular formula is C21H22FN3O. The Balaban J connectivity index is 1.50. The highest BCUT2D eigenvalue weighted by Crippen LogP contribution is 2.23. The van der Waals surface area contributed by atoms with Gasteiger partial charge in [0.1, 0.15) is 5.82 Å². The second-order valence-electron chi connectivity index (χ2n) is 6.34. The highest BCUT2D eigenvalue weighted by Gasteiger charge is 2.11. The Bertz CT molecular complexity index is 900. The van der Waals surface area contributed by atoms with Gasteiger partial charge in [-0.05, 0) is 37.0 Å². The van der Waals surface area contributed by atoms with Crippen molar-refractivity contribution in [3.05, 3.63) is 77.4 Å². The molecule has 3 rings (SSSR count). The zero-order valence-corrected chi connectivity index (χ0v) is 15.0. The molecule has 1 N–H and O–H groups in total. The van der Waals surface area contributed by atoms with Crippen LogP contribution in [0.4, 0.5) is 4.39 Å². The number of aryl methyl sites for hydroxylation is 3. The summed E-state index contributed by atoms with van der Waals surface area (Å²) >= 11 is 0. The Morgan fingerprint density at radius 1 is 1.15 bits per heavy atom. The van der Waals surface area contributed by atoms with E-state index >= 15 is 0 Å². The molecule has 26 heavy (non-hydrogen) atoms. The van der Waals surface area contributed by atoms with Crippen molar-refractivity contribution in [2.75, 3.05) is 6.54 Å². The molecule has 5 heteroatoms. The largest absolute Gasteiger partial charge is 0.352 e. The summed E-state index contributed by atoms with van der Waals surface area (Å²) in [5.74, 6) is -0.306. The minimum Gasteiger partial charge on any atom is -0.352 e. The third kappa shape index (κ3) is 4.17. The maximum absolute atomic E-state index is 13.8. The van der Waals surface area contributed by atoms with E-state index in [0.29, 0.717) is 17.7 Å². The Labute approximate surface area is 152 Å². The molecule has 134 valence electrons. The summed E-state index contributed by atoms with van der Waals surface area (Å²) in [5, 5.41) is 7.10. The normalized spacial score (nSPS) is 10.7. The molecule has 0 saturated heterocycles. The van der Waals surface area contributed by atoms with Crippen molar-refractivity contribution < 1.29 is 9.18 Å². The third-order valence-electron chi connectivity index (χ3n) is 4.32. The first-order valence-corrected chi connectivity index (χ1v) is 8.67. The summed E-state index contributed by atoms with van der Waals surface area (Å²) < 4.78 is 15.5. The summed E-state index contributed by atoms with van der Waals surface area (Å²) in [5.41, 5.74) is 3.98. The second-order valence-corrected chi connectivity index (χ2v) is 6.34. The van der Waals surface area contributed by atoms with Crippen LogP contribution in [0.3, 0.4) is 0 Å². The molecule has 1 aromatic heterocycles. The molecule has 4 nitrogen and oxygen atoms in total. The number of carbonyl (C=O) groups excluding carboxylic acids is 1. The highest BCUT2D eigenvalue weighted by atomic mass is 19.1. The summed E-state index contributed by atoms with van der Waals surface area (Å²) in [7, 11) is 1.80. The zero-order chi connectivity index (χ0) is 18.5. The molecule has 0 spiro atoms. The summed E-state index contributed by atoms with van der Waals surface area (Å²) in [6.07, 6.45) is 3.42. The van der Waals surface area contributed by atoms with Crippen molar-refractivity contribution in [2.45, 2.75) is 19.8 Å². The number of nitrogens with zero attached hydrogens (tertiary/aromatic N) is 2. The summed E-state index contributed by atoms with van der Waals surface area (Å²) in [4.78, 5) is 12.1. The minimum absolute atomic E-state index is 0.0921. The van der Waals surface area contributed by atoms with Crippen molar-refractivity contribution in [3.8, 4) is 11.1 Å². The number of halogens is 1. The smallest absolute Gasteiger partial charge is 0.254 e. The maximum atomic E-state index is 13.8. The monoisotopic (exact) mass is 351 g/mol. The molecule has 0 fully saturated rings. The van der Waals surface area contributed by atoms with Gasteiger partial charge in [-0.25, -0.2) is 4.39 Å².